The molecular weight excluding hydrogens is 146 g/mol. The minimum absolute atomic E-state index is 0.646. The van der Waals surface area contributed by atoms with Crippen LogP contribution in [-0.4, -0.2) is 12.6 Å². The van der Waals surface area contributed by atoms with Crippen molar-refractivity contribution in [2.24, 2.45) is 5.92 Å². The summed E-state index contributed by atoms with van der Waals surface area (Å²) in [6.07, 6.45) is 2.66. The van der Waals surface area contributed by atoms with E-state index in [1.54, 1.807) is 0 Å². The molecule has 0 aliphatic rings. The first-order valence-electron chi connectivity index (χ1n) is 5.36. The molecule has 0 atom stereocenters. The Labute approximate surface area is 78.9 Å². The Morgan fingerprint density at radius 3 is 1.83 bits per heavy atom. The van der Waals surface area contributed by atoms with Crippen LogP contribution in [0.3, 0.4) is 0 Å². The van der Waals surface area contributed by atoms with Crippen LogP contribution >= 0.6 is 0 Å². The summed E-state index contributed by atoms with van der Waals surface area (Å²) in [5.74, 6) is 0.856. The lowest BCUT2D eigenvalue weighted by atomic mass is 10.1. The summed E-state index contributed by atoms with van der Waals surface area (Å²) in [6.45, 7) is 14.1. The van der Waals surface area contributed by atoms with Gasteiger partial charge in [0.2, 0.25) is 0 Å². The van der Waals surface area contributed by atoms with E-state index in [1.165, 1.54) is 19.4 Å². The van der Waals surface area contributed by atoms with Crippen molar-refractivity contribution >= 4 is 0 Å². The Morgan fingerprint density at radius 2 is 1.50 bits per heavy atom. The molecule has 0 unspecified atom stereocenters. The fourth-order valence-corrected chi connectivity index (χ4v) is 0.901. The van der Waals surface area contributed by atoms with Gasteiger partial charge in [0.15, 0.2) is 0 Å². The number of hydrogen-bond acceptors (Lipinski definition) is 1. The van der Waals surface area contributed by atoms with E-state index in [1.807, 2.05) is 13.8 Å². The molecule has 0 fully saturated rings. The monoisotopic (exact) mass is 173 g/mol. The van der Waals surface area contributed by atoms with Gasteiger partial charge in [0.1, 0.15) is 0 Å². The van der Waals surface area contributed by atoms with Crippen molar-refractivity contribution in [2.75, 3.05) is 6.54 Å². The van der Waals surface area contributed by atoms with E-state index in [4.69, 9.17) is 0 Å². The Hall–Kier alpha value is -0.0400. The summed E-state index contributed by atoms with van der Waals surface area (Å²) in [6, 6.07) is 0.646. The molecule has 0 saturated carbocycles. The third kappa shape index (κ3) is 16.5. The van der Waals surface area contributed by atoms with Crippen molar-refractivity contribution in [3.63, 3.8) is 0 Å². The molecule has 76 valence electrons. The highest BCUT2D eigenvalue weighted by molar-refractivity contribution is 4.53. The van der Waals surface area contributed by atoms with Crippen molar-refractivity contribution in [1.82, 2.24) is 5.32 Å². The van der Waals surface area contributed by atoms with Crippen LogP contribution in [0.25, 0.3) is 0 Å². The lowest BCUT2D eigenvalue weighted by molar-refractivity contribution is 0.503. The van der Waals surface area contributed by atoms with Gasteiger partial charge in [-0.15, -0.1) is 0 Å². The summed E-state index contributed by atoms with van der Waals surface area (Å²) < 4.78 is 0. The maximum atomic E-state index is 3.40. The van der Waals surface area contributed by atoms with Gasteiger partial charge in [-0.2, -0.15) is 0 Å². The molecule has 0 aromatic heterocycles. The SMILES string of the molecule is CC.CC(C)CCCNC(C)C. The first kappa shape index (κ1) is 14.5. The molecule has 1 N–H and O–H groups in total. The van der Waals surface area contributed by atoms with Gasteiger partial charge in [-0.25, -0.2) is 0 Å². The van der Waals surface area contributed by atoms with Crippen LogP contribution in [-0.2, 0) is 0 Å². The second-order valence-corrected chi connectivity index (χ2v) is 3.64. The molecule has 0 aromatic carbocycles. The van der Waals surface area contributed by atoms with Gasteiger partial charge < -0.3 is 5.32 Å². The lowest BCUT2D eigenvalue weighted by Crippen LogP contribution is -2.23. The van der Waals surface area contributed by atoms with Gasteiger partial charge in [-0.05, 0) is 25.3 Å². The van der Waals surface area contributed by atoms with E-state index >= 15 is 0 Å². The average Bonchev–Trinajstić information content (AvgIpc) is 2.02. The Balaban J connectivity index is 0. The summed E-state index contributed by atoms with van der Waals surface area (Å²) in [5, 5.41) is 3.40. The van der Waals surface area contributed by atoms with Crippen molar-refractivity contribution in [2.45, 2.75) is 60.4 Å². The van der Waals surface area contributed by atoms with Gasteiger partial charge in [-0.1, -0.05) is 41.5 Å². The van der Waals surface area contributed by atoms with E-state index in [9.17, 15) is 0 Å². The highest BCUT2D eigenvalue weighted by atomic mass is 14.9. The van der Waals surface area contributed by atoms with Gasteiger partial charge in [0, 0.05) is 6.04 Å². The van der Waals surface area contributed by atoms with Gasteiger partial charge in [0.25, 0.3) is 0 Å². The van der Waals surface area contributed by atoms with E-state index in [0.717, 1.165) is 5.92 Å². The van der Waals surface area contributed by atoms with E-state index in [2.05, 4.69) is 33.0 Å². The molecule has 0 bridgehead atoms. The molecule has 0 saturated heterocycles. The summed E-state index contributed by atoms with van der Waals surface area (Å²) in [4.78, 5) is 0. The second-order valence-electron chi connectivity index (χ2n) is 3.64. The number of hydrogen-bond donors (Lipinski definition) is 1. The van der Waals surface area contributed by atoms with Crippen molar-refractivity contribution in [3.05, 3.63) is 0 Å². The molecule has 12 heavy (non-hydrogen) atoms. The van der Waals surface area contributed by atoms with Crippen LogP contribution in [0.15, 0.2) is 0 Å². The Kier molecular flexibility index (Phi) is 13.2. The molecule has 0 amide bonds. The number of nitrogens with one attached hydrogen (secondary N) is 1. The fourth-order valence-electron chi connectivity index (χ4n) is 0.901. The molecule has 0 aliphatic carbocycles. The molecule has 0 radical (unpaired) electrons. The lowest BCUT2D eigenvalue weighted by Gasteiger charge is -2.08. The van der Waals surface area contributed by atoms with Crippen LogP contribution in [0.1, 0.15) is 54.4 Å². The molecule has 1 heteroatoms. The topological polar surface area (TPSA) is 12.0 Å². The second kappa shape index (κ2) is 11.0. The van der Waals surface area contributed by atoms with E-state index in [0.29, 0.717) is 6.04 Å². The van der Waals surface area contributed by atoms with Crippen LogP contribution in [0.4, 0.5) is 0 Å². The third-order valence-electron chi connectivity index (χ3n) is 1.51. The van der Waals surface area contributed by atoms with Gasteiger partial charge in [-0.3, -0.25) is 0 Å². The zero-order valence-corrected chi connectivity index (χ0v) is 9.78. The number of rotatable bonds is 5. The van der Waals surface area contributed by atoms with Crippen molar-refractivity contribution < 1.29 is 0 Å². The average molecular weight is 173 g/mol. The molecule has 0 spiro atoms. The van der Waals surface area contributed by atoms with Crippen molar-refractivity contribution in [1.29, 1.82) is 0 Å². The minimum atomic E-state index is 0.646. The first-order valence-corrected chi connectivity index (χ1v) is 5.36. The van der Waals surface area contributed by atoms with Gasteiger partial charge in [0.05, 0.1) is 0 Å². The van der Waals surface area contributed by atoms with Crippen LogP contribution < -0.4 is 5.32 Å². The Bertz CT molecular complexity index is 57.4. The standard InChI is InChI=1S/C9H21N.C2H6/c1-8(2)6-5-7-10-9(3)4;1-2/h8-10H,5-7H2,1-4H3;1-2H3. The van der Waals surface area contributed by atoms with E-state index < -0.39 is 0 Å². The highest BCUT2D eigenvalue weighted by Gasteiger charge is 1.94. The van der Waals surface area contributed by atoms with Crippen molar-refractivity contribution in [3.8, 4) is 0 Å². The Morgan fingerprint density at radius 1 is 1.00 bits per heavy atom. The molecule has 0 rings (SSSR count). The molecule has 1 nitrogen and oxygen atoms in total. The predicted molar refractivity (Wildman–Crippen MR) is 58.6 cm³/mol. The third-order valence-corrected chi connectivity index (χ3v) is 1.51. The predicted octanol–water partition coefficient (Wildman–Crippen LogP) is 3.45. The zero-order valence-electron chi connectivity index (χ0n) is 9.78. The van der Waals surface area contributed by atoms with Crippen LogP contribution in [0.5, 0.6) is 0 Å². The van der Waals surface area contributed by atoms with E-state index in [-0.39, 0.29) is 0 Å². The normalized spacial score (nSPS) is 10.0. The highest BCUT2D eigenvalue weighted by Crippen LogP contribution is 2.01. The van der Waals surface area contributed by atoms with Crippen LogP contribution in [0, 0.1) is 5.92 Å². The molecule has 0 heterocycles. The maximum absolute atomic E-state index is 3.40. The zero-order chi connectivity index (χ0) is 9.98. The van der Waals surface area contributed by atoms with Crippen LogP contribution in [0.2, 0.25) is 0 Å². The molecule has 0 aliphatic heterocycles. The van der Waals surface area contributed by atoms with Gasteiger partial charge >= 0.3 is 0 Å². The summed E-state index contributed by atoms with van der Waals surface area (Å²) in [7, 11) is 0. The fraction of sp³-hybridized carbons (Fsp3) is 1.00. The largest absolute Gasteiger partial charge is 0.315 e. The maximum Gasteiger partial charge on any atom is 0.00103 e. The molecular formula is C11H27N. The first-order chi connectivity index (χ1) is 5.63. The summed E-state index contributed by atoms with van der Waals surface area (Å²) in [5.41, 5.74) is 0. The minimum Gasteiger partial charge on any atom is -0.315 e. The molecule has 0 aromatic rings. The summed E-state index contributed by atoms with van der Waals surface area (Å²) >= 11 is 0. The quantitative estimate of drug-likeness (QED) is 0.628. The smallest absolute Gasteiger partial charge is 0.00103 e.